The van der Waals surface area contributed by atoms with Crippen LogP contribution in [0, 0.1) is 11.8 Å². The molecular formula is C12H13NO2. The first kappa shape index (κ1) is 11.3. The number of ether oxygens (including phenoxy) is 1. The van der Waals surface area contributed by atoms with Crippen LogP contribution < -0.4 is 5.73 Å². The smallest absolute Gasteiger partial charge is 0.339 e. The average molecular weight is 203 g/mol. The van der Waals surface area contributed by atoms with Gasteiger partial charge in [-0.15, -0.1) is 0 Å². The van der Waals surface area contributed by atoms with Gasteiger partial charge in [0.1, 0.15) is 0 Å². The lowest BCUT2D eigenvalue weighted by Crippen LogP contribution is -2.03. The third kappa shape index (κ3) is 3.12. The molecule has 0 heterocycles. The maximum atomic E-state index is 11.4. The zero-order valence-electron chi connectivity index (χ0n) is 8.62. The average Bonchev–Trinajstić information content (AvgIpc) is 2.29. The molecule has 0 bridgehead atoms. The van der Waals surface area contributed by atoms with E-state index < -0.39 is 0 Å². The maximum absolute atomic E-state index is 11.4. The summed E-state index contributed by atoms with van der Waals surface area (Å²) in [5.74, 6) is 5.42. The van der Waals surface area contributed by atoms with Gasteiger partial charge in [0.2, 0.25) is 0 Å². The monoisotopic (exact) mass is 203 g/mol. The molecule has 0 atom stereocenters. The Labute approximate surface area is 89.2 Å². The third-order valence-electron chi connectivity index (χ3n) is 1.82. The summed E-state index contributed by atoms with van der Waals surface area (Å²) in [7, 11) is 1.35. The highest BCUT2D eigenvalue weighted by molar-refractivity contribution is 5.92. The fourth-order valence-electron chi connectivity index (χ4n) is 1.11. The number of rotatable bonds is 2. The number of nitrogens with two attached hydrogens (primary N) is 1. The highest BCUT2D eigenvalue weighted by atomic mass is 16.5. The summed E-state index contributed by atoms with van der Waals surface area (Å²) >= 11 is 0. The lowest BCUT2D eigenvalue weighted by Gasteiger charge is -2.00. The number of benzene rings is 1. The molecule has 0 saturated heterocycles. The molecule has 0 fully saturated rings. The number of hydrogen-bond donors (Lipinski definition) is 1. The van der Waals surface area contributed by atoms with Crippen molar-refractivity contribution in [3.63, 3.8) is 0 Å². The van der Waals surface area contributed by atoms with Gasteiger partial charge in [-0.1, -0.05) is 24.0 Å². The summed E-state index contributed by atoms with van der Waals surface area (Å²) in [6.07, 6.45) is 0.621. The highest BCUT2D eigenvalue weighted by Gasteiger charge is 2.08. The molecule has 0 saturated carbocycles. The lowest BCUT2D eigenvalue weighted by atomic mass is 10.1. The van der Waals surface area contributed by atoms with Crippen LogP contribution in [0.2, 0.25) is 0 Å². The van der Waals surface area contributed by atoms with Crippen LogP contribution >= 0.6 is 0 Å². The van der Waals surface area contributed by atoms with Crippen molar-refractivity contribution < 1.29 is 9.53 Å². The topological polar surface area (TPSA) is 52.3 Å². The molecule has 1 rings (SSSR count). The molecule has 3 nitrogen and oxygen atoms in total. The van der Waals surface area contributed by atoms with Crippen LogP contribution in [0.1, 0.15) is 22.3 Å². The van der Waals surface area contributed by atoms with Crippen molar-refractivity contribution in [2.24, 2.45) is 5.73 Å². The first-order valence-corrected chi connectivity index (χ1v) is 4.66. The van der Waals surface area contributed by atoms with Gasteiger partial charge in [-0.05, 0) is 12.1 Å². The summed E-state index contributed by atoms with van der Waals surface area (Å²) in [5.41, 5.74) is 6.49. The van der Waals surface area contributed by atoms with Gasteiger partial charge in [0.25, 0.3) is 0 Å². The summed E-state index contributed by atoms with van der Waals surface area (Å²) in [6, 6.07) is 7.09. The lowest BCUT2D eigenvalue weighted by molar-refractivity contribution is 0.0600. The number of carbonyl (C=O) groups is 1. The molecule has 15 heavy (non-hydrogen) atoms. The molecule has 0 spiro atoms. The zero-order chi connectivity index (χ0) is 11.1. The van der Waals surface area contributed by atoms with Crippen molar-refractivity contribution in [3.05, 3.63) is 35.4 Å². The molecule has 0 radical (unpaired) electrons. The Bertz CT molecular complexity index is 402. The van der Waals surface area contributed by atoms with Gasteiger partial charge in [0.05, 0.1) is 12.7 Å². The van der Waals surface area contributed by atoms with Crippen molar-refractivity contribution >= 4 is 5.97 Å². The van der Waals surface area contributed by atoms with Crippen molar-refractivity contribution in [1.82, 2.24) is 0 Å². The number of esters is 1. The number of carbonyl (C=O) groups excluding carboxylic acids is 1. The van der Waals surface area contributed by atoms with Crippen molar-refractivity contribution in [2.75, 3.05) is 13.7 Å². The molecule has 78 valence electrons. The minimum Gasteiger partial charge on any atom is -0.465 e. The van der Waals surface area contributed by atoms with Crippen molar-refractivity contribution in [3.8, 4) is 11.8 Å². The second-order valence-electron chi connectivity index (χ2n) is 2.88. The molecular weight excluding hydrogens is 190 g/mol. The van der Waals surface area contributed by atoms with Crippen LogP contribution in [0.25, 0.3) is 0 Å². The Kier molecular flexibility index (Phi) is 4.39. The fourth-order valence-corrected chi connectivity index (χ4v) is 1.11. The maximum Gasteiger partial charge on any atom is 0.339 e. The molecule has 1 aromatic carbocycles. The number of hydrogen-bond acceptors (Lipinski definition) is 3. The van der Waals surface area contributed by atoms with E-state index in [4.69, 9.17) is 5.73 Å². The summed E-state index contributed by atoms with van der Waals surface area (Å²) in [4.78, 5) is 11.4. The Hall–Kier alpha value is -1.79. The molecule has 0 unspecified atom stereocenters. The predicted molar refractivity (Wildman–Crippen MR) is 58.3 cm³/mol. The van der Waals surface area contributed by atoms with Gasteiger partial charge in [-0.25, -0.2) is 4.79 Å². The molecule has 0 aliphatic carbocycles. The van der Waals surface area contributed by atoms with Crippen LogP contribution in [-0.2, 0) is 4.74 Å². The molecule has 0 amide bonds. The van der Waals surface area contributed by atoms with E-state index in [0.717, 1.165) is 0 Å². The Morgan fingerprint density at radius 3 is 2.87 bits per heavy atom. The molecule has 0 aliphatic heterocycles. The van der Waals surface area contributed by atoms with E-state index in [-0.39, 0.29) is 5.97 Å². The van der Waals surface area contributed by atoms with E-state index in [1.807, 2.05) is 6.07 Å². The Balaban J connectivity index is 2.98. The standard InChI is InChI=1S/C12H13NO2/c1-15-12(14)11-8-3-2-6-10(11)7-4-5-9-13/h2-3,6,8H,5,9,13H2,1H3. The van der Waals surface area contributed by atoms with Crippen molar-refractivity contribution in [2.45, 2.75) is 6.42 Å². The van der Waals surface area contributed by atoms with Crippen LogP contribution in [0.4, 0.5) is 0 Å². The first-order valence-electron chi connectivity index (χ1n) is 4.66. The van der Waals surface area contributed by atoms with Gasteiger partial charge in [0.15, 0.2) is 0 Å². The third-order valence-corrected chi connectivity index (χ3v) is 1.82. The predicted octanol–water partition coefficient (Wildman–Crippen LogP) is 1.17. The van der Waals surface area contributed by atoms with Crippen LogP contribution in [0.15, 0.2) is 24.3 Å². The van der Waals surface area contributed by atoms with E-state index in [1.165, 1.54) is 7.11 Å². The second kappa shape index (κ2) is 5.84. The Morgan fingerprint density at radius 2 is 2.20 bits per heavy atom. The second-order valence-corrected chi connectivity index (χ2v) is 2.88. The quantitative estimate of drug-likeness (QED) is 0.580. The van der Waals surface area contributed by atoms with Gasteiger partial charge < -0.3 is 10.5 Å². The molecule has 2 N–H and O–H groups in total. The van der Waals surface area contributed by atoms with E-state index >= 15 is 0 Å². The summed E-state index contributed by atoms with van der Waals surface area (Å²) in [5, 5.41) is 0. The molecule has 3 heteroatoms. The molecule has 1 aromatic rings. The minimum atomic E-state index is -0.368. The van der Waals surface area contributed by atoms with Gasteiger partial charge in [0, 0.05) is 18.5 Å². The molecule has 0 aliphatic rings. The van der Waals surface area contributed by atoms with Crippen LogP contribution in [-0.4, -0.2) is 19.6 Å². The van der Waals surface area contributed by atoms with Gasteiger partial charge in [-0.3, -0.25) is 0 Å². The first-order chi connectivity index (χ1) is 7.29. The van der Waals surface area contributed by atoms with Gasteiger partial charge in [-0.2, -0.15) is 0 Å². The fraction of sp³-hybridized carbons (Fsp3) is 0.250. The normalized spacial score (nSPS) is 8.93. The molecule has 0 aromatic heterocycles. The van der Waals surface area contributed by atoms with E-state index in [9.17, 15) is 4.79 Å². The summed E-state index contributed by atoms with van der Waals surface area (Å²) in [6.45, 7) is 0.521. The number of methoxy groups -OCH3 is 1. The highest BCUT2D eigenvalue weighted by Crippen LogP contribution is 2.08. The zero-order valence-corrected chi connectivity index (χ0v) is 8.62. The SMILES string of the molecule is COC(=O)c1ccccc1C#CCCN. The van der Waals surface area contributed by atoms with E-state index in [1.54, 1.807) is 18.2 Å². The minimum absolute atomic E-state index is 0.368. The van der Waals surface area contributed by atoms with E-state index in [0.29, 0.717) is 24.1 Å². The van der Waals surface area contributed by atoms with Crippen molar-refractivity contribution in [1.29, 1.82) is 0 Å². The van der Waals surface area contributed by atoms with E-state index in [2.05, 4.69) is 16.6 Å². The van der Waals surface area contributed by atoms with Crippen LogP contribution in [0.5, 0.6) is 0 Å². The van der Waals surface area contributed by atoms with Crippen LogP contribution in [0.3, 0.4) is 0 Å². The summed E-state index contributed by atoms with van der Waals surface area (Å²) < 4.78 is 4.65. The largest absolute Gasteiger partial charge is 0.465 e. The van der Waals surface area contributed by atoms with Gasteiger partial charge >= 0.3 is 5.97 Å². The Morgan fingerprint density at radius 1 is 1.47 bits per heavy atom.